The van der Waals surface area contributed by atoms with Crippen LogP contribution in [0.4, 0.5) is 0 Å². The fourth-order valence-corrected chi connectivity index (χ4v) is 3.21. The van der Waals surface area contributed by atoms with Gasteiger partial charge in [0.1, 0.15) is 0 Å². The van der Waals surface area contributed by atoms with Gasteiger partial charge in [-0.1, -0.05) is 0 Å². The summed E-state index contributed by atoms with van der Waals surface area (Å²) in [6.07, 6.45) is 0. The van der Waals surface area contributed by atoms with Crippen LogP contribution < -0.4 is 0 Å². The van der Waals surface area contributed by atoms with Gasteiger partial charge < -0.3 is 23.7 Å². The van der Waals surface area contributed by atoms with Crippen molar-refractivity contribution in [1.29, 1.82) is 0 Å². The van der Waals surface area contributed by atoms with E-state index in [0.29, 0.717) is 66.1 Å². The first-order chi connectivity index (χ1) is 12.4. The molecule has 0 N–H and O–H groups in total. The van der Waals surface area contributed by atoms with Crippen molar-refractivity contribution in [3.8, 4) is 0 Å². The average molecular weight is 387 g/mol. The van der Waals surface area contributed by atoms with Crippen molar-refractivity contribution in [2.45, 2.75) is 13.2 Å². The van der Waals surface area contributed by atoms with E-state index in [0.717, 1.165) is 0 Å². The number of thiophene rings is 2. The van der Waals surface area contributed by atoms with Gasteiger partial charge in [0, 0.05) is 0 Å². The second-order valence-electron chi connectivity index (χ2n) is 5.21. The second kappa shape index (κ2) is 14.4. The van der Waals surface area contributed by atoms with E-state index in [9.17, 15) is 0 Å². The molecular formula is C18H26O5S2. The van der Waals surface area contributed by atoms with Gasteiger partial charge in [-0.2, -0.15) is 22.7 Å². The Morgan fingerprint density at radius 3 is 1.20 bits per heavy atom. The zero-order valence-electron chi connectivity index (χ0n) is 14.4. The Bertz CT molecular complexity index is 455. The average Bonchev–Trinajstić information content (AvgIpc) is 3.32. The SMILES string of the molecule is c1cc(COCCOCCOCCOCCOCc2ccsc2)cs1. The van der Waals surface area contributed by atoms with E-state index < -0.39 is 0 Å². The van der Waals surface area contributed by atoms with Gasteiger partial charge in [0.2, 0.25) is 0 Å². The molecule has 25 heavy (non-hydrogen) atoms. The summed E-state index contributed by atoms with van der Waals surface area (Å²) in [6.45, 7) is 5.98. The predicted octanol–water partition coefficient (Wildman–Crippen LogP) is 3.59. The summed E-state index contributed by atoms with van der Waals surface area (Å²) >= 11 is 3.36. The molecule has 2 aromatic rings. The number of hydrogen-bond acceptors (Lipinski definition) is 7. The van der Waals surface area contributed by atoms with E-state index in [4.69, 9.17) is 23.7 Å². The van der Waals surface area contributed by atoms with Crippen LogP contribution in [-0.2, 0) is 36.9 Å². The molecule has 5 nitrogen and oxygen atoms in total. The molecule has 0 bridgehead atoms. The predicted molar refractivity (Wildman–Crippen MR) is 100 cm³/mol. The Labute approximate surface area is 157 Å². The lowest BCUT2D eigenvalue weighted by molar-refractivity contribution is -0.0137. The van der Waals surface area contributed by atoms with Crippen LogP contribution in [0.25, 0.3) is 0 Å². The third kappa shape index (κ3) is 10.7. The molecule has 0 saturated carbocycles. The van der Waals surface area contributed by atoms with Gasteiger partial charge in [0.15, 0.2) is 0 Å². The number of rotatable bonds is 16. The van der Waals surface area contributed by atoms with Crippen LogP contribution in [0.3, 0.4) is 0 Å². The maximum absolute atomic E-state index is 5.50. The largest absolute Gasteiger partial charge is 0.377 e. The van der Waals surface area contributed by atoms with Crippen LogP contribution in [0, 0.1) is 0 Å². The van der Waals surface area contributed by atoms with Gasteiger partial charge in [-0.25, -0.2) is 0 Å². The first-order valence-corrected chi connectivity index (χ1v) is 10.2. The summed E-state index contributed by atoms with van der Waals surface area (Å²) in [5, 5.41) is 8.28. The Morgan fingerprint density at radius 1 is 0.520 bits per heavy atom. The van der Waals surface area contributed by atoms with Gasteiger partial charge in [0.25, 0.3) is 0 Å². The van der Waals surface area contributed by atoms with Crippen molar-refractivity contribution in [1.82, 2.24) is 0 Å². The molecule has 0 aliphatic carbocycles. The van der Waals surface area contributed by atoms with Crippen LogP contribution in [0.5, 0.6) is 0 Å². The molecule has 0 aromatic carbocycles. The van der Waals surface area contributed by atoms with Gasteiger partial charge in [0.05, 0.1) is 66.1 Å². The summed E-state index contributed by atoms with van der Waals surface area (Å²) in [5.74, 6) is 0. The Hall–Kier alpha value is -0.800. The molecule has 0 aliphatic rings. The topological polar surface area (TPSA) is 46.2 Å². The maximum atomic E-state index is 5.50. The molecule has 0 radical (unpaired) electrons. The minimum absolute atomic E-state index is 0.572. The molecule has 0 fully saturated rings. The molecule has 0 spiro atoms. The standard InChI is InChI=1S/C18H26O5S2/c1-11-24-15-17(1)13-22-9-7-20-5-3-19-4-6-21-8-10-23-14-18-2-12-25-16-18/h1-2,11-12,15-16H,3-10,13-14H2. The molecule has 2 aromatic heterocycles. The molecule has 0 aliphatic heterocycles. The molecule has 0 amide bonds. The fraction of sp³-hybridized carbons (Fsp3) is 0.556. The quantitative estimate of drug-likeness (QED) is 0.413. The highest BCUT2D eigenvalue weighted by molar-refractivity contribution is 7.08. The highest BCUT2D eigenvalue weighted by Crippen LogP contribution is 2.07. The van der Waals surface area contributed by atoms with Crippen LogP contribution >= 0.6 is 22.7 Å². The van der Waals surface area contributed by atoms with E-state index in [-0.39, 0.29) is 0 Å². The van der Waals surface area contributed by atoms with Crippen LogP contribution in [0.15, 0.2) is 33.7 Å². The van der Waals surface area contributed by atoms with Gasteiger partial charge in [-0.15, -0.1) is 0 Å². The molecular weight excluding hydrogens is 360 g/mol. The highest BCUT2D eigenvalue weighted by Gasteiger charge is 1.96. The Balaban J connectivity index is 1.24. The van der Waals surface area contributed by atoms with E-state index in [1.807, 2.05) is 10.8 Å². The van der Waals surface area contributed by atoms with Gasteiger partial charge in [-0.3, -0.25) is 0 Å². The summed E-state index contributed by atoms with van der Waals surface area (Å²) in [4.78, 5) is 0. The van der Waals surface area contributed by atoms with Gasteiger partial charge >= 0.3 is 0 Å². The smallest absolute Gasteiger partial charge is 0.0726 e. The van der Waals surface area contributed by atoms with Gasteiger partial charge in [-0.05, 0) is 44.8 Å². The normalized spacial score (nSPS) is 11.2. The Morgan fingerprint density at radius 2 is 0.880 bits per heavy atom. The third-order valence-electron chi connectivity index (χ3n) is 3.19. The van der Waals surface area contributed by atoms with Crippen molar-refractivity contribution in [3.63, 3.8) is 0 Å². The lowest BCUT2D eigenvalue weighted by atomic mass is 10.4. The van der Waals surface area contributed by atoms with E-state index in [2.05, 4.69) is 22.9 Å². The molecule has 7 heteroatoms. The van der Waals surface area contributed by atoms with Crippen molar-refractivity contribution >= 4 is 22.7 Å². The van der Waals surface area contributed by atoms with Crippen LogP contribution in [0.2, 0.25) is 0 Å². The van der Waals surface area contributed by atoms with Crippen molar-refractivity contribution in [2.24, 2.45) is 0 Å². The summed E-state index contributed by atoms with van der Waals surface area (Å²) in [5.41, 5.74) is 2.43. The fourth-order valence-electron chi connectivity index (χ4n) is 1.91. The van der Waals surface area contributed by atoms with Crippen LogP contribution in [0.1, 0.15) is 11.1 Å². The summed E-state index contributed by atoms with van der Waals surface area (Å²) in [7, 11) is 0. The first kappa shape index (κ1) is 20.5. The first-order valence-electron chi connectivity index (χ1n) is 8.36. The van der Waals surface area contributed by atoms with E-state index in [1.165, 1.54) is 11.1 Å². The Kier molecular flexibility index (Phi) is 11.8. The second-order valence-corrected chi connectivity index (χ2v) is 6.77. The maximum Gasteiger partial charge on any atom is 0.0726 e. The molecule has 2 rings (SSSR count). The lowest BCUT2D eigenvalue weighted by Gasteiger charge is -2.07. The van der Waals surface area contributed by atoms with Crippen LogP contribution in [-0.4, -0.2) is 52.9 Å². The third-order valence-corrected chi connectivity index (χ3v) is 4.65. The van der Waals surface area contributed by atoms with Crippen molar-refractivity contribution < 1.29 is 23.7 Å². The minimum atomic E-state index is 0.572. The monoisotopic (exact) mass is 386 g/mol. The molecule has 0 atom stereocenters. The molecule has 0 unspecified atom stereocenters. The lowest BCUT2D eigenvalue weighted by Crippen LogP contribution is -2.13. The highest BCUT2D eigenvalue weighted by atomic mass is 32.1. The van der Waals surface area contributed by atoms with Crippen molar-refractivity contribution in [2.75, 3.05) is 52.9 Å². The zero-order valence-corrected chi connectivity index (χ0v) is 16.0. The molecule has 0 saturated heterocycles. The zero-order chi connectivity index (χ0) is 17.4. The number of hydrogen-bond donors (Lipinski definition) is 0. The number of ether oxygens (including phenoxy) is 5. The van der Waals surface area contributed by atoms with Crippen molar-refractivity contribution in [3.05, 3.63) is 44.8 Å². The molecule has 140 valence electrons. The van der Waals surface area contributed by atoms with E-state index in [1.54, 1.807) is 22.7 Å². The summed E-state index contributed by atoms with van der Waals surface area (Å²) < 4.78 is 27.3. The summed E-state index contributed by atoms with van der Waals surface area (Å²) in [6, 6.07) is 4.13. The minimum Gasteiger partial charge on any atom is -0.377 e. The van der Waals surface area contributed by atoms with E-state index >= 15 is 0 Å². The molecule has 2 heterocycles.